The van der Waals surface area contributed by atoms with Crippen molar-refractivity contribution in [2.75, 3.05) is 39.3 Å². The minimum atomic E-state index is -0.646. The summed E-state index contributed by atoms with van der Waals surface area (Å²) in [5.74, 6) is 1.76. The maximum absolute atomic E-state index is 12.1. The fourth-order valence-electron chi connectivity index (χ4n) is 6.32. The maximum atomic E-state index is 12.1. The molecule has 6 nitrogen and oxygen atoms in total. The van der Waals surface area contributed by atoms with Crippen LogP contribution < -0.4 is 4.74 Å². The molecule has 1 saturated carbocycles. The fraction of sp³-hybridized carbons (Fsp3) is 0.567. The van der Waals surface area contributed by atoms with E-state index in [4.69, 9.17) is 4.74 Å². The van der Waals surface area contributed by atoms with Gasteiger partial charge in [0.25, 0.3) is 0 Å². The Kier molecular flexibility index (Phi) is 8.57. The van der Waals surface area contributed by atoms with E-state index < -0.39 is 5.97 Å². The van der Waals surface area contributed by atoms with Crippen LogP contribution in [0, 0.1) is 5.92 Å². The van der Waals surface area contributed by atoms with E-state index in [1.807, 2.05) is 42.5 Å². The lowest BCUT2D eigenvalue weighted by molar-refractivity contribution is -0.147. The molecule has 0 bridgehead atoms. The van der Waals surface area contributed by atoms with Crippen molar-refractivity contribution in [1.29, 1.82) is 0 Å². The van der Waals surface area contributed by atoms with Crippen LogP contribution >= 0.6 is 0 Å². The highest BCUT2D eigenvalue weighted by atomic mass is 16.5. The minimum Gasteiger partial charge on any atom is -0.480 e. The Labute approximate surface area is 215 Å². The van der Waals surface area contributed by atoms with Crippen molar-refractivity contribution in [3.05, 3.63) is 60.2 Å². The topological polar surface area (TPSA) is 56.3 Å². The number of rotatable bonds is 8. The molecule has 2 aliphatic heterocycles. The monoisotopic (exact) mass is 491 g/mol. The lowest BCUT2D eigenvalue weighted by Crippen LogP contribution is -2.60. The molecule has 5 rings (SSSR count). The van der Waals surface area contributed by atoms with Crippen LogP contribution in [0.3, 0.4) is 0 Å². The number of likely N-dealkylation sites (tertiary alicyclic amines) is 1. The molecule has 2 aromatic rings. The minimum absolute atomic E-state index is 0.352. The smallest absolute Gasteiger partial charge is 0.322 e. The van der Waals surface area contributed by atoms with Gasteiger partial charge in [0.05, 0.1) is 0 Å². The van der Waals surface area contributed by atoms with Gasteiger partial charge in [0.15, 0.2) is 0 Å². The van der Waals surface area contributed by atoms with Gasteiger partial charge in [-0.15, -0.1) is 0 Å². The molecule has 0 spiro atoms. The molecule has 1 aliphatic carbocycles. The van der Waals surface area contributed by atoms with Crippen LogP contribution in [0.5, 0.6) is 11.5 Å². The largest absolute Gasteiger partial charge is 0.480 e. The number of carboxylic acid groups (broad SMARTS) is 1. The normalized spacial score (nSPS) is 23.5. The van der Waals surface area contributed by atoms with Gasteiger partial charge in [-0.1, -0.05) is 49.6 Å². The Morgan fingerprint density at radius 1 is 0.833 bits per heavy atom. The van der Waals surface area contributed by atoms with Gasteiger partial charge in [-0.05, 0) is 74.5 Å². The van der Waals surface area contributed by atoms with E-state index in [-0.39, 0.29) is 6.04 Å². The molecule has 0 amide bonds. The number of piperidine rings is 1. The summed E-state index contributed by atoms with van der Waals surface area (Å²) in [4.78, 5) is 19.4. The quantitative estimate of drug-likeness (QED) is 0.555. The summed E-state index contributed by atoms with van der Waals surface area (Å²) in [6.45, 7) is 6.62. The van der Waals surface area contributed by atoms with Gasteiger partial charge in [-0.2, -0.15) is 0 Å². The van der Waals surface area contributed by atoms with Gasteiger partial charge < -0.3 is 9.84 Å². The van der Waals surface area contributed by atoms with E-state index in [2.05, 4.69) is 26.8 Å². The average molecular weight is 492 g/mol. The van der Waals surface area contributed by atoms with Crippen LogP contribution in [-0.4, -0.2) is 77.1 Å². The second-order valence-corrected chi connectivity index (χ2v) is 10.9. The summed E-state index contributed by atoms with van der Waals surface area (Å²) in [5.41, 5.74) is 1.30. The second-order valence-electron chi connectivity index (χ2n) is 10.9. The zero-order valence-electron chi connectivity index (χ0n) is 21.4. The van der Waals surface area contributed by atoms with Gasteiger partial charge in [0.2, 0.25) is 0 Å². The highest BCUT2D eigenvalue weighted by Crippen LogP contribution is 2.28. The van der Waals surface area contributed by atoms with Crippen LogP contribution in [0.2, 0.25) is 0 Å². The number of piperazine rings is 1. The van der Waals surface area contributed by atoms with Crippen LogP contribution in [0.4, 0.5) is 0 Å². The SMILES string of the molecule is O=C(O)C1CN(C2CCN(Cc3ccc(Oc4ccccc4)cc3)CC2)CCN1CC1CCCCC1. The van der Waals surface area contributed by atoms with Crippen molar-refractivity contribution in [3.63, 3.8) is 0 Å². The lowest BCUT2D eigenvalue weighted by atomic mass is 9.88. The molecule has 2 saturated heterocycles. The van der Waals surface area contributed by atoms with E-state index in [0.29, 0.717) is 18.5 Å². The van der Waals surface area contributed by atoms with Crippen molar-refractivity contribution < 1.29 is 14.6 Å². The number of benzene rings is 2. The Bertz CT molecular complexity index is 953. The van der Waals surface area contributed by atoms with Crippen LogP contribution in [0.15, 0.2) is 54.6 Å². The summed E-state index contributed by atoms with van der Waals surface area (Å²) >= 11 is 0. The van der Waals surface area contributed by atoms with Gasteiger partial charge in [-0.25, -0.2) is 0 Å². The Morgan fingerprint density at radius 2 is 1.53 bits per heavy atom. The summed E-state index contributed by atoms with van der Waals surface area (Å²) in [6.07, 6.45) is 8.74. The average Bonchev–Trinajstić information content (AvgIpc) is 2.92. The van der Waals surface area contributed by atoms with E-state index in [9.17, 15) is 9.90 Å². The van der Waals surface area contributed by atoms with Crippen LogP contribution in [0.1, 0.15) is 50.5 Å². The standard InChI is InChI=1S/C30H41N3O3/c34-30(35)29-23-32(19-20-33(29)22-24-7-3-1-4-8-24)26-15-17-31(18-16-26)21-25-11-13-28(14-12-25)36-27-9-5-2-6-10-27/h2,5-6,9-14,24,26,29H,1,3-4,7-8,15-23H2,(H,34,35). The molecule has 6 heteroatoms. The van der Waals surface area contributed by atoms with Gasteiger partial charge in [0.1, 0.15) is 17.5 Å². The molecule has 3 aliphatic rings. The Balaban J connectivity index is 1.08. The van der Waals surface area contributed by atoms with Crippen molar-refractivity contribution in [1.82, 2.24) is 14.7 Å². The third-order valence-electron chi connectivity index (χ3n) is 8.41. The summed E-state index contributed by atoms with van der Waals surface area (Å²) in [7, 11) is 0. The number of ether oxygens (including phenoxy) is 1. The highest BCUT2D eigenvalue weighted by molar-refractivity contribution is 5.74. The molecule has 1 atom stereocenters. The predicted octanol–water partition coefficient (Wildman–Crippen LogP) is 5.09. The molecular weight excluding hydrogens is 450 g/mol. The number of hydrogen-bond acceptors (Lipinski definition) is 5. The molecule has 0 aromatic heterocycles. The molecular formula is C30H41N3O3. The first-order valence-electron chi connectivity index (χ1n) is 13.9. The molecule has 1 unspecified atom stereocenters. The molecule has 194 valence electrons. The van der Waals surface area contributed by atoms with Crippen molar-refractivity contribution in [2.24, 2.45) is 5.92 Å². The third-order valence-corrected chi connectivity index (χ3v) is 8.41. The molecule has 36 heavy (non-hydrogen) atoms. The molecule has 0 radical (unpaired) electrons. The first kappa shape index (κ1) is 25.2. The first-order chi connectivity index (χ1) is 17.6. The van der Waals surface area contributed by atoms with E-state index in [1.165, 1.54) is 37.7 Å². The first-order valence-corrected chi connectivity index (χ1v) is 13.9. The van der Waals surface area contributed by atoms with Crippen molar-refractivity contribution >= 4 is 5.97 Å². The van der Waals surface area contributed by atoms with Crippen LogP contribution in [0.25, 0.3) is 0 Å². The lowest BCUT2D eigenvalue weighted by Gasteiger charge is -2.46. The maximum Gasteiger partial charge on any atom is 0.322 e. The Morgan fingerprint density at radius 3 is 2.22 bits per heavy atom. The van der Waals surface area contributed by atoms with Gasteiger partial charge >= 0.3 is 5.97 Å². The van der Waals surface area contributed by atoms with E-state index >= 15 is 0 Å². The van der Waals surface area contributed by atoms with Crippen molar-refractivity contribution in [3.8, 4) is 11.5 Å². The van der Waals surface area contributed by atoms with Gasteiger partial charge in [-0.3, -0.25) is 19.5 Å². The zero-order valence-corrected chi connectivity index (χ0v) is 21.4. The predicted molar refractivity (Wildman–Crippen MR) is 142 cm³/mol. The number of hydrogen-bond donors (Lipinski definition) is 1. The highest BCUT2D eigenvalue weighted by Gasteiger charge is 2.36. The van der Waals surface area contributed by atoms with E-state index in [1.54, 1.807) is 0 Å². The number of nitrogens with zero attached hydrogens (tertiary/aromatic N) is 3. The van der Waals surface area contributed by atoms with Gasteiger partial charge in [0, 0.05) is 38.8 Å². The summed E-state index contributed by atoms with van der Waals surface area (Å²) < 4.78 is 5.92. The van der Waals surface area contributed by atoms with E-state index in [0.717, 1.165) is 63.6 Å². The summed E-state index contributed by atoms with van der Waals surface area (Å²) in [5, 5.41) is 9.98. The molecule has 2 heterocycles. The molecule has 1 N–H and O–H groups in total. The Hall–Kier alpha value is -2.41. The van der Waals surface area contributed by atoms with Crippen molar-refractivity contribution in [2.45, 2.75) is 63.6 Å². The second kappa shape index (κ2) is 12.2. The number of aliphatic carboxylic acids is 1. The molecule has 2 aromatic carbocycles. The number of carboxylic acids is 1. The fourth-order valence-corrected chi connectivity index (χ4v) is 6.32. The third kappa shape index (κ3) is 6.67. The summed E-state index contributed by atoms with van der Waals surface area (Å²) in [6, 6.07) is 18.4. The van der Waals surface area contributed by atoms with Crippen LogP contribution in [-0.2, 0) is 11.3 Å². The molecule has 3 fully saturated rings. The number of para-hydroxylation sites is 1. The number of carbonyl (C=O) groups is 1. The zero-order chi connectivity index (χ0) is 24.7.